The molecule has 24 heteroatoms. The van der Waals surface area contributed by atoms with E-state index in [1.54, 1.807) is 95.3 Å². The Bertz CT molecular complexity index is 3560. The number of ketones is 2. The van der Waals surface area contributed by atoms with Crippen LogP contribution in [0.25, 0.3) is 22.5 Å². The number of hydrogen-bond donors (Lipinski definition) is 6. The molecule has 7 N–H and O–H groups in total. The lowest BCUT2D eigenvalue weighted by Gasteiger charge is -2.30. The number of rotatable bonds is 22. The van der Waals surface area contributed by atoms with Gasteiger partial charge in [0.15, 0.2) is 34.6 Å². The number of methoxy groups -OCH3 is 2. The topological polar surface area (TPSA) is 251 Å². The van der Waals surface area contributed by atoms with E-state index in [-0.39, 0.29) is 70.9 Å². The van der Waals surface area contributed by atoms with Gasteiger partial charge in [-0.3, -0.25) is 19.7 Å². The van der Waals surface area contributed by atoms with Crippen molar-refractivity contribution in [2.45, 2.75) is 131 Å². The van der Waals surface area contributed by atoms with Crippen molar-refractivity contribution >= 4 is 87.5 Å². The Balaban J connectivity index is 0.000000248. The maximum absolute atomic E-state index is 14.0. The Morgan fingerprint density at radius 1 is 0.581 bits per heavy atom. The number of amides is 5. The van der Waals surface area contributed by atoms with Crippen LogP contribution in [0.1, 0.15) is 136 Å². The second kappa shape index (κ2) is 27.0. The predicted octanol–water partition coefficient (Wildman–Crippen LogP) is 13.3. The zero-order valence-corrected chi connectivity index (χ0v) is 52.0. The van der Waals surface area contributed by atoms with Crippen LogP contribution in [0.5, 0.6) is 23.0 Å². The van der Waals surface area contributed by atoms with Crippen LogP contribution in [0.4, 0.5) is 18.4 Å². The van der Waals surface area contributed by atoms with Gasteiger partial charge in [-0.25, -0.2) is 28.3 Å². The Kier molecular flexibility index (Phi) is 21.0. The van der Waals surface area contributed by atoms with Crippen LogP contribution in [-0.2, 0) is 27.1 Å². The Morgan fingerprint density at radius 2 is 0.977 bits per heavy atom. The average molecular weight is 1290 g/mol. The number of alkyl halides is 3. The molecule has 2 unspecified atom stereocenters. The summed E-state index contributed by atoms with van der Waals surface area (Å²) in [5, 5.41) is 30.2. The first-order chi connectivity index (χ1) is 40.2. The SMILES string of the molecule is COc1cc(C(=O)CCC(C)(O)c2cc(C(C)(C)NC(=O)NC(=O)C(Cl)(Cl)Cl)cc(-c3ccc(F)c(Cl)c3)n2)ccc1OC1CC1.COc1cc(C(=O)CCC(C)(O)c2cc(C(C)(C)NC(N)=O)cc(-c3ccc(F)c(Cl)c3)n2)ccc1OC1CC1. The fraction of sp³-hybridized carbons (Fsp3) is 0.371. The van der Waals surface area contributed by atoms with Crippen molar-refractivity contribution < 1.29 is 61.9 Å². The number of benzene rings is 4. The van der Waals surface area contributed by atoms with Crippen molar-refractivity contribution in [2.75, 3.05) is 14.2 Å². The number of urea groups is 2. The van der Waals surface area contributed by atoms with E-state index in [2.05, 4.69) is 20.6 Å². The van der Waals surface area contributed by atoms with Crippen LogP contribution in [0.2, 0.25) is 10.0 Å². The molecule has 6 aromatic rings. The zero-order chi connectivity index (χ0) is 63.3. The summed E-state index contributed by atoms with van der Waals surface area (Å²) < 4.78 is 47.9. The number of aliphatic hydroxyl groups is 2. The second-order valence-corrected chi connectivity index (χ2v) is 25.5. The molecule has 86 heavy (non-hydrogen) atoms. The summed E-state index contributed by atoms with van der Waals surface area (Å²) in [7, 11) is 3.02. The highest BCUT2D eigenvalue weighted by atomic mass is 35.6. The molecule has 8 rings (SSSR count). The van der Waals surface area contributed by atoms with E-state index < -0.39 is 55.7 Å². The molecule has 2 aliphatic carbocycles. The number of imide groups is 1. The van der Waals surface area contributed by atoms with Crippen LogP contribution in [0.15, 0.2) is 97.1 Å². The third-order valence-electron chi connectivity index (χ3n) is 14.3. The van der Waals surface area contributed by atoms with Gasteiger partial charge in [-0.15, -0.1) is 0 Å². The maximum atomic E-state index is 14.0. The molecule has 0 radical (unpaired) electrons. The van der Waals surface area contributed by atoms with Crippen LogP contribution in [0, 0.1) is 11.6 Å². The van der Waals surface area contributed by atoms with Gasteiger partial charge in [0, 0.05) is 35.1 Å². The Hall–Kier alpha value is -6.84. The smallest absolute Gasteiger partial charge is 0.322 e. The molecule has 2 heterocycles. The summed E-state index contributed by atoms with van der Waals surface area (Å²) >= 11 is 28.7. The Morgan fingerprint density at radius 3 is 1.33 bits per heavy atom. The summed E-state index contributed by atoms with van der Waals surface area (Å²) in [6.45, 7) is 9.84. The molecule has 2 aliphatic rings. The molecule has 2 fully saturated rings. The number of hydrogen-bond acceptors (Lipinski definition) is 13. The first-order valence-electron chi connectivity index (χ1n) is 27.1. The van der Waals surface area contributed by atoms with Gasteiger partial charge in [-0.05, 0) is 188 Å². The van der Waals surface area contributed by atoms with Crippen LogP contribution in [0.3, 0.4) is 0 Å². The van der Waals surface area contributed by atoms with Crippen molar-refractivity contribution in [1.82, 2.24) is 25.9 Å². The summed E-state index contributed by atoms with van der Waals surface area (Å²) in [6, 6.07) is 23.1. The molecule has 2 saturated carbocycles. The quantitative estimate of drug-likeness (QED) is 0.0274. The fourth-order valence-corrected chi connectivity index (χ4v) is 9.25. The molecule has 0 spiro atoms. The van der Waals surface area contributed by atoms with Crippen LogP contribution < -0.4 is 40.6 Å². The summed E-state index contributed by atoms with van der Waals surface area (Å²) in [6.07, 6.45) is 4.29. The number of aromatic nitrogens is 2. The highest BCUT2D eigenvalue weighted by molar-refractivity contribution is 6.76. The normalized spacial score (nSPS) is 14.7. The van der Waals surface area contributed by atoms with E-state index in [4.69, 9.17) is 82.7 Å². The number of nitrogens with one attached hydrogen (secondary N) is 3. The molecular weight excluding hydrogens is 1220 g/mol. The van der Waals surface area contributed by atoms with Gasteiger partial charge in [-0.2, -0.15) is 0 Å². The van der Waals surface area contributed by atoms with Gasteiger partial charge in [0.25, 0.3) is 9.70 Å². The van der Waals surface area contributed by atoms with Gasteiger partial charge in [0.05, 0.1) is 70.3 Å². The predicted molar refractivity (Wildman–Crippen MR) is 325 cm³/mol. The van der Waals surface area contributed by atoms with E-state index >= 15 is 0 Å². The van der Waals surface area contributed by atoms with Gasteiger partial charge >= 0.3 is 12.1 Å². The minimum Gasteiger partial charge on any atom is -0.493 e. The number of ether oxygens (including phenoxy) is 4. The molecule has 5 amide bonds. The van der Waals surface area contributed by atoms with Crippen molar-refractivity contribution in [2.24, 2.45) is 5.73 Å². The molecule has 0 saturated heterocycles. The lowest BCUT2D eigenvalue weighted by Crippen LogP contribution is -2.50. The molecule has 17 nitrogen and oxygen atoms in total. The number of carbonyl (C=O) groups excluding carboxylic acids is 5. The fourth-order valence-electron chi connectivity index (χ4n) is 8.75. The third-order valence-corrected chi connectivity index (χ3v) is 15.4. The lowest BCUT2D eigenvalue weighted by molar-refractivity contribution is -0.119. The summed E-state index contributed by atoms with van der Waals surface area (Å²) in [5.41, 5.74) is 3.99. The third kappa shape index (κ3) is 17.7. The minimum atomic E-state index is -2.37. The first-order valence-corrected chi connectivity index (χ1v) is 29.0. The van der Waals surface area contributed by atoms with Gasteiger partial charge in [0.2, 0.25) is 0 Å². The Labute approximate surface area is 521 Å². The number of nitrogens with zero attached hydrogens (tertiary/aromatic N) is 2. The monoisotopic (exact) mass is 1280 g/mol. The molecule has 2 atom stereocenters. The van der Waals surface area contributed by atoms with Crippen LogP contribution in [-0.4, -0.2) is 79.9 Å². The average Bonchev–Trinajstić information content (AvgIpc) is 3.56. The minimum absolute atomic E-state index is 0.0194. The number of primary amides is 1. The summed E-state index contributed by atoms with van der Waals surface area (Å²) in [4.78, 5) is 71.9. The lowest BCUT2D eigenvalue weighted by atomic mass is 9.87. The number of nitrogens with two attached hydrogens (primary N) is 1. The van der Waals surface area contributed by atoms with Gasteiger partial charge in [-0.1, -0.05) is 58.0 Å². The number of Topliss-reactive ketones (excluding diaryl/α,β-unsaturated/α-hetero) is 2. The number of halogens is 7. The van der Waals surface area contributed by atoms with Crippen LogP contribution >= 0.6 is 58.0 Å². The zero-order valence-electron chi connectivity index (χ0n) is 48.2. The van der Waals surface area contributed by atoms with E-state index in [1.807, 2.05) is 5.32 Å². The van der Waals surface area contributed by atoms with Crippen molar-refractivity contribution in [3.63, 3.8) is 0 Å². The van der Waals surface area contributed by atoms with Crippen molar-refractivity contribution in [3.05, 3.63) is 152 Å². The molecule has 2 aromatic heterocycles. The second-order valence-electron chi connectivity index (χ2n) is 22.4. The highest BCUT2D eigenvalue weighted by Crippen LogP contribution is 2.39. The van der Waals surface area contributed by atoms with E-state index in [0.29, 0.717) is 67.8 Å². The van der Waals surface area contributed by atoms with E-state index in [1.165, 1.54) is 57.5 Å². The molecular formula is C62H65Cl5F2N6O11. The number of carbonyl (C=O) groups is 5. The van der Waals surface area contributed by atoms with Crippen molar-refractivity contribution in [3.8, 4) is 45.5 Å². The number of pyridine rings is 2. The highest BCUT2D eigenvalue weighted by Gasteiger charge is 2.36. The largest absolute Gasteiger partial charge is 0.493 e. The van der Waals surface area contributed by atoms with E-state index in [0.717, 1.165) is 25.7 Å². The van der Waals surface area contributed by atoms with Gasteiger partial charge < -0.3 is 45.5 Å². The molecule has 4 aromatic carbocycles. The molecule has 458 valence electrons. The standard InChI is InChI=1S/C32H32Cl4FN3O6.C30H33ClFN3O5/c1-30(2,40-29(43)39-28(42)32(34,35)36)19-15-23(17-5-9-22(37)21(33)13-17)38-27(16-19)31(3,44)12-11-24(41)18-6-10-25(26(14-18)45-4)46-20-7-8-20;1-29(2,35-28(33)37)19-15-23(17-5-9-22(32)21(31)13-17)34-27(16-19)30(3,38)12-11-24(36)18-6-10-25(26(14-18)39-4)40-20-7-8-20/h5-6,9-10,13-16,20,44H,7-8,11-12H2,1-4H3,(H2,39,40,42,43);5-6,9-10,13-16,20,38H,7-8,11-12H2,1-4H3,(H3,33,35,37). The maximum Gasteiger partial charge on any atom is 0.322 e. The van der Waals surface area contributed by atoms with Gasteiger partial charge in [0.1, 0.15) is 22.8 Å². The first kappa shape index (κ1) is 66.7. The van der Waals surface area contributed by atoms with E-state index in [9.17, 15) is 43.0 Å². The summed E-state index contributed by atoms with van der Waals surface area (Å²) in [5.74, 6) is -0.719. The molecule has 0 bridgehead atoms. The molecule has 0 aliphatic heterocycles. The van der Waals surface area contributed by atoms with Crippen molar-refractivity contribution in [1.29, 1.82) is 0 Å².